The van der Waals surface area contributed by atoms with Gasteiger partial charge >= 0.3 is 12.0 Å². The zero-order valence-corrected chi connectivity index (χ0v) is 22.3. The molecule has 1 atom stereocenters. The highest BCUT2D eigenvalue weighted by Crippen LogP contribution is 2.15. The molecule has 0 heterocycles. The first-order valence-electron chi connectivity index (χ1n) is 12.8. The van der Waals surface area contributed by atoms with Crippen LogP contribution in [0, 0.1) is 12.7 Å². The fourth-order valence-corrected chi connectivity index (χ4v) is 3.73. The minimum absolute atomic E-state index is 0.245. The summed E-state index contributed by atoms with van der Waals surface area (Å²) in [4.78, 5) is 25.9. The number of carbonyl (C=O) groups excluding carboxylic acids is 1. The number of hydrogen-bond acceptors (Lipinski definition) is 5. The van der Waals surface area contributed by atoms with Crippen LogP contribution in [-0.2, 0) is 27.3 Å². The van der Waals surface area contributed by atoms with Crippen LogP contribution in [0.25, 0.3) is 0 Å². The van der Waals surface area contributed by atoms with Crippen molar-refractivity contribution in [1.82, 2.24) is 4.90 Å². The number of ether oxygens (including phenoxy) is 3. The summed E-state index contributed by atoms with van der Waals surface area (Å²) in [6, 6.07) is 20.5. The molecule has 0 spiro atoms. The topological polar surface area (TPSA) is 97.3 Å². The Bertz CT molecular complexity index is 1170. The molecule has 0 saturated carbocycles. The fourth-order valence-electron chi connectivity index (χ4n) is 3.73. The van der Waals surface area contributed by atoms with Gasteiger partial charge in [-0.15, -0.1) is 0 Å². The van der Waals surface area contributed by atoms with E-state index in [1.807, 2.05) is 31.2 Å². The summed E-state index contributed by atoms with van der Waals surface area (Å²) in [5.41, 5.74) is 3.44. The van der Waals surface area contributed by atoms with E-state index in [9.17, 15) is 19.1 Å². The molecule has 9 heteroatoms. The van der Waals surface area contributed by atoms with Gasteiger partial charge in [-0.05, 0) is 61.4 Å². The van der Waals surface area contributed by atoms with Crippen LogP contribution in [0.5, 0.6) is 5.75 Å². The number of benzene rings is 3. The smallest absolute Gasteiger partial charge is 0.333 e. The number of aliphatic carboxylic acids is 1. The number of urea groups is 1. The lowest BCUT2D eigenvalue weighted by atomic mass is 10.1. The summed E-state index contributed by atoms with van der Waals surface area (Å²) >= 11 is 0. The maximum atomic E-state index is 13.1. The molecule has 0 aromatic heterocycles. The van der Waals surface area contributed by atoms with E-state index >= 15 is 0 Å². The lowest BCUT2D eigenvalue weighted by Crippen LogP contribution is -2.40. The van der Waals surface area contributed by atoms with Gasteiger partial charge in [-0.25, -0.2) is 14.0 Å². The highest BCUT2D eigenvalue weighted by Gasteiger charge is 2.18. The molecule has 0 fully saturated rings. The minimum atomic E-state index is -0.997. The quantitative estimate of drug-likeness (QED) is 0.255. The van der Waals surface area contributed by atoms with Gasteiger partial charge in [0.2, 0.25) is 0 Å². The van der Waals surface area contributed by atoms with Gasteiger partial charge in [0.05, 0.1) is 19.8 Å². The normalized spacial score (nSPS) is 11.6. The Morgan fingerprint density at radius 3 is 2.21 bits per heavy atom. The molecule has 39 heavy (non-hydrogen) atoms. The van der Waals surface area contributed by atoms with Crippen molar-refractivity contribution >= 4 is 17.7 Å². The van der Waals surface area contributed by atoms with E-state index < -0.39 is 12.1 Å². The van der Waals surface area contributed by atoms with Crippen LogP contribution in [0.4, 0.5) is 14.9 Å². The zero-order valence-electron chi connectivity index (χ0n) is 22.3. The predicted octanol–water partition coefficient (Wildman–Crippen LogP) is 5.30. The van der Waals surface area contributed by atoms with E-state index in [4.69, 9.17) is 14.2 Å². The highest BCUT2D eigenvalue weighted by molar-refractivity contribution is 5.89. The standard InChI is InChI=1S/C30H35FN2O6/c1-3-38-28(29(34)35)20-23-8-14-27(15-9-23)39-19-17-33(30(36)32-26-12-4-22(2)5-13-26)16-18-37-21-24-6-10-25(31)11-7-24/h4-15,28H,3,16-21H2,1-2H3,(H,32,36)(H,34,35). The SMILES string of the molecule is CCOC(Cc1ccc(OCCN(CCOCc2ccc(F)cc2)C(=O)Nc2ccc(C)cc2)cc1)C(=O)O. The molecule has 8 nitrogen and oxygen atoms in total. The van der Waals surface area contributed by atoms with Crippen molar-refractivity contribution in [2.75, 3.05) is 38.2 Å². The number of carboxylic acid groups (broad SMARTS) is 1. The predicted molar refractivity (Wildman–Crippen MR) is 147 cm³/mol. The number of halogens is 1. The first-order chi connectivity index (χ1) is 18.8. The number of aryl methyl sites for hydroxylation is 1. The van der Waals surface area contributed by atoms with Crippen molar-refractivity contribution < 1.29 is 33.3 Å². The lowest BCUT2D eigenvalue weighted by Gasteiger charge is -2.23. The van der Waals surface area contributed by atoms with E-state index in [-0.39, 0.29) is 31.5 Å². The Morgan fingerprint density at radius 1 is 0.923 bits per heavy atom. The van der Waals surface area contributed by atoms with Crippen LogP contribution >= 0.6 is 0 Å². The van der Waals surface area contributed by atoms with Gasteiger partial charge < -0.3 is 29.5 Å². The Hall–Kier alpha value is -3.95. The molecular weight excluding hydrogens is 503 g/mol. The van der Waals surface area contributed by atoms with Gasteiger partial charge in [0.25, 0.3) is 0 Å². The summed E-state index contributed by atoms with van der Waals surface area (Å²) < 4.78 is 29.9. The molecule has 3 aromatic rings. The molecule has 0 aliphatic carbocycles. The van der Waals surface area contributed by atoms with E-state index in [1.54, 1.807) is 48.2 Å². The number of carboxylic acids is 1. The van der Waals surface area contributed by atoms with Crippen LogP contribution in [0.3, 0.4) is 0 Å². The third-order valence-electron chi connectivity index (χ3n) is 5.90. The van der Waals surface area contributed by atoms with Gasteiger partial charge in [0, 0.05) is 25.3 Å². The first-order valence-corrected chi connectivity index (χ1v) is 12.8. The van der Waals surface area contributed by atoms with Crippen LogP contribution in [0.2, 0.25) is 0 Å². The summed E-state index contributed by atoms with van der Waals surface area (Å²) in [6.07, 6.45) is -0.637. The third-order valence-corrected chi connectivity index (χ3v) is 5.90. The molecule has 3 rings (SSSR count). The second-order valence-corrected chi connectivity index (χ2v) is 8.94. The summed E-state index contributed by atoms with van der Waals surface area (Å²) in [7, 11) is 0. The molecule has 0 bridgehead atoms. The Kier molecular flexibility index (Phi) is 11.7. The average Bonchev–Trinajstić information content (AvgIpc) is 2.92. The Morgan fingerprint density at radius 2 is 1.56 bits per heavy atom. The molecule has 0 radical (unpaired) electrons. The van der Waals surface area contributed by atoms with Crippen molar-refractivity contribution in [3.05, 3.63) is 95.3 Å². The molecule has 2 amide bonds. The maximum absolute atomic E-state index is 13.1. The van der Waals surface area contributed by atoms with Gasteiger partial charge in [-0.3, -0.25) is 0 Å². The largest absolute Gasteiger partial charge is 0.492 e. The van der Waals surface area contributed by atoms with Gasteiger partial charge in [-0.2, -0.15) is 0 Å². The third kappa shape index (κ3) is 10.4. The molecule has 0 aliphatic heterocycles. The Labute approximate surface area is 228 Å². The first kappa shape index (κ1) is 29.6. The van der Waals surface area contributed by atoms with Crippen molar-refractivity contribution in [2.45, 2.75) is 33.0 Å². The van der Waals surface area contributed by atoms with Crippen LogP contribution in [0.15, 0.2) is 72.8 Å². The van der Waals surface area contributed by atoms with E-state index in [0.717, 1.165) is 16.7 Å². The van der Waals surface area contributed by atoms with Crippen LogP contribution in [-0.4, -0.2) is 61.0 Å². The van der Waals surface area contributed by atoms with E-state index in [0.29, 0.717) is 37.7 Å². The van der Waals surface area contributed by atoms with Gasteiger partial charge in [-0.1, -0.05) is 42.0 Å². The number of anilines is 1. The lowest BCUT2D eigenvalue weighted by molar-refractivity contribution is -0.149. The maximum Gasteiger partial charge on any atom is 0.333 e. The molecule has 0 saturated heterocycles. The molecular formula is C30H35FN2O6. The second kappa shape index (κ2) is 15.5. The summed E-state index contributed by atoms with van der Waals surface area (Å²) in [5.74, 6) is -0.696. The average molecular weight is 539 g/mol. The number of rotatable bonds is 15. The monoisotopic (exact) mass is 538 g/mol. The Balaban J connectivity index is 1.53. The molecule has 3 aromatic carbocycles. The molecule has 208 valence electrons. The van der Waals surface area contributed by atoms with Gasteiger partial charge in [0.15, 0.2) is 6.10 Å². The highest BCUT2D eigenvalue weighted by atomic mass is 19.1. The fraction of sp³-hybridized carbons (Fsp3) is 0.333. The number of amides is 2. The van der Waals surface area contributed by atoms with Gasteiger partial charge in [0.1, 0.15) is 18.2 Å². The number of hydrogen-bond donors (Lipinski definition) is 2. The molecule has 1 unspecified atom stereocenters. The van der Waals surface area contributed by atoms with Crippen molar-refractivity contribution in [3.8, 4) is 5.75 Å². The molecule has 0 aliphatic rings. The zero-order chi connectivity index (χ0) is 28.0. The van der Waals surface area contributed by atoms with Crippen molar-refractivity contribution in [2.24, 2.45) is 0 Å². The number of nitrogens with zero attached hydrogens (tertiary/aromatic N) is 1. The van der Waals surface area contributed by atoms with E-state index in [2.05, 4.69) is 5.32 Å². The molecule has 2 N–H and O–H groups in total. The van der Waals surface area contributed by atoms with Crippen molar-refractivity contribution in [1.29, 1.82) is 0 Å². The number of carbonyl (C=O) groups is 2. The van der Waals surface area contributed by atoms with Crippen LogP contribution < -0.4 is 10.1 Å². The van der Waals surface area contributed by atoms with Crippen molar-refractivity contribution in [3.63, 3.8) is 0 Å². The minimum Gasteiger partial charge on any atom is -0.492 e. The summed E-state index contributed by atoms with van der Waals surface area (Å²) in [6.45, 7) is 5.54. The number of nitrogens with one attached hydrogen (secondary N) is 1. The summed E-state index contributed by atoms with van der Waals surface area (Å²) in [5, 5.41) is 12.2. The van der Waals surface area contributed by atoms with Crippen LogP contribution in [0.1, 0.15) is 23.6 Å². The second-order valence-electron chi connectivity index (χ2n) is 8.94. The van der Waals surface area contributed by atoms with E-state index in [1.165, 1.54) is 12.1 Å².